The Labute approximate surface area is 108 Å². The van der Waals surface area contributed by atoms with Crippen LogP contribution >= 0.6 is 15.9 Å². The molecule has 5 heteroatoms. The van der Waals surface area contributed by atoms with Gasteiger partial charge in [-0.3, -0.25) is 4.79 Å². The average molecular weight is 300 g/mol. The molecular weight excluding hydrogens is 286 g/mol. The van der Waals surface area contributed by atoms with Crippen LogP contribution in [0.1, 0.15) is 29.8 Å². The predicted octanol–water partition coefficient (Wildman–Crippen LogP) is 2.24. The van der Waals surface area contributed by atoms with Gasteiger partial charge >= 0.3 is 0 Å². The van der Waals surface area contributed by atoms with Gasteiger partial charge in [-0.1, -0.05) is 12.2 Å². The Morgan fingerprint density at radius 3 is 3.00 bits per heavy atom. The van der Waals surface area contributed by atoms with E-state index in [4.69, 9.17) is 4.42 Å². The van der Waals surface area contributed by atoms with Crippen molar-refractivity contribution >= 4 is 21.8 Å². The maximum absolute atomic E-state index is 11.7. The quantitative estimate of drug-likeness (QED) is 0.842. The fourth-order valence-corrected chi connectivity index (χ4v) is 2.12. The first-order valence-corrected chi connectivity index (χ1v) is 6.32. The number of carbonyl (C=O) groups is 1. The molecule has 0 spiro atoms. The largest absolute Gasteiger partial charge is 0.444 e. The van der Waals surface area contributed by atoms with Crippen LogP contribution in [0.5, 0.6) is 0 Å². The molecule has 2 rings (SSSR count). The van der Waals surface area contributed by atoms with E-state index in [9.17, 15) is 9.90 Å². The third-order valence-electron chi connectivity index (χ3n) is 2.76. The van der Waals surface area contributed by atoms with Crippen molar-refractivity contribution in [3.63, 3.8) is 0 Å². The van der Waals surface area contributed by atoms with Gasteiger partial charge in [-0.2, -0.15) is 0 Å². The molecule has 1 amide bonds. The lowest BCUT2D eigenvalue weighted by atomic mass is 9.91. The molecule has 0 aromatic carbocycles. The van der Waals surface area contributed by atoms with Crippen molar-refractivity contribution in [2.45, 2.75) is 24.9 Å². The lowest BCUT2D eigenvalue weighted by Gasteiger charge is -2.27. The summed E-state index contributed by atoms with van der Waals surface area (Å²) in [4.78, 5) is 11.7. The zero-order valence-electron chi connectivity index (χ0n) is 9.28. The number of hydrogen-bond acceptors (Lipinski definition) is 3. The normalized spacial score (nSPS) is 23.6. The molecule has 1 heterocycles. The molecule has 0 radical (unpaired) electrons. The molecular formula is C12H14BrNO3. The SMILES string of the molecule is O=C(NC[C@@]1(O)C=CCCC1)c1ccc(Br)o1. The Morgan fingerprint density at radius 1 is 1.59 bits per heavy atom. The first-order valence-electron chi connectivity index (χ1n) is 5.53. The number of aliphatic hydroxyl groups is 1. The Kier molecular flexibility index (Phi) is 3.69. The van der Waals surface area contributed by atoms with Crippen molar-refractivity contribution in [3.8, 4) is 0 Å². The minimum atomic E-state index is -0.919. The van der Waals surface area contributed by atoms with Crippen LogP contribution in [0.2, 0.25) is 0 Å². The summed E-state index contributed by atoms with van der Waals surface area (Å²) in [5.74, 6) is -0.0802. The van der Waals surface area contributed by atoms with Gasteiger partial charge in [-0.15, -0.1) is 0 Å². The van der Waals surface area contributed by atoms with E-state index >= 15 is 0 Å². The second-order valence-corrected chi connectivity index (χ2v) is 4.97. The minimum absolute atomic E-state index is 0.209. The van der Waals surface area contributed by atoms with Crippen molar-refractivity contribution in [1.29, 1.82) is 0 Å². The summed E-state index contributed by atoms with van der Waals surface area (Å²) in [7, 11) is 0. The highest BCUT2D eigenvalue weighted by atomic mass is 79.9. The summed E-state index contributed by atoms with van der Waals surface area (Å²) < 4.78 is 5.64. The lowest BCUT2D eigenvalue weighted by molar-refractivity contribution is 0.0648. The molecule has 1 aliphatic rings. The Balaban J connectivity index is 1.92. The number of allylic oxidation sites excluding steroid dienone is 1. The first-order chi connectivity index (χ1) is 8.09. The first kappa shape index (κ1) is 12.4. The highest BCUT2D eigenvalue weighted by Crippen LogP contribution is 2.21. The smallest absolute Gasteiger partial charge is 0.287 e. The Hall–Kier alpha value is -1.07. The molecule has 92 valence electrons. The van der Waals surface area contributed by atoms with Crippen LogP contribution in [0, 0.1) is 0 Å². The fourth-order valence-electron chi connectivity index (χ4n) is 1.82. The summed E-state index contributed by atoms with van der Waals surface area (Å²) >= 11 is 3.13. The molecule has 0 bridgehead atoms. The molecule has 0 saturated carbocycles. The van der Waals surface area contributed by atoms with E-state index in [0.717, 1.165) is 12.8 Å². The van der Waals surface area contributed by atoms with Crippen molar-refractivity contribution in [3.05, 3.63) is 34.7 Å². The van der Waals surface area contributed by atoms with Gasteiger partial charge in [0.25, 0.3) is 5.91 Å². The van der Waals surface area contributed by atoms with Crippen LogP contribution in [-0.2, 0) is 0 Å². The third kappa shape index (κ3) is 3.20. The highest BCUT2D eigenvalue weighted by molar-refractivity contribution is 9.10. The summed E-state index contributed by atoms with van der Waals surface area (Å²) in [5.41, 5.74) is -0.919. The summed E-state index contributed by atoms with van der Waals surface area (Å²) in [6.07, 6.45) is 6.30. The standard InChI is InChI=1S/C12H14BrNO3/c13-10-5-4-9(17-10)11(15)14-8-12(16)6-2-1-3-7-12/h2,4-6,16H,1,3,7-8H2,(H,14,15)/t12-/m1/s1. The second-order valence-electron chi connectivity index (χ2n) is 4.18. The van der Waals surface area contributed by atoms with Crippen LogP contribution in [0.3, 0.4) is 0 Å². The van der Waals surface area contributed by atoms with Gasteiger partial charge in [0.15, 0.2) is 10.4 Å². The maximum Gasteiger partial charge on any atom is 0.287 e. The number of carbonyl (C=O) groups excluding carboxylic acids is 1. The molecule has 1 aliphatic carbocycles. The summed E-state index contributed by atoms with van der Waals surface area (Å²) in [5, 5.41) is 12.8. The second kappa shape index (κ2) is 5.06. The number of nitrogens with one attached hydrogen (secondary N) is 1. The predicted molar refractivity (Wildman–Crippen MR) is 66.7 cm³/mol. The van der Waals surface area contributed by atoms with Crippen LogP contribution in [0.25, 0.3) is 0 Å². The van der Waals surface area contributed by atoms with Crippen LogP contribution < -0.4 is 5.32 Å². The number of rotatable bonds is 3. The van der Waals surface area contributed by atoms with Crippen LogP contribution in [-0.4, -0.2) is 23.2 Å². The van der Waals surface area contributed by atoms with Crippen LogP contribution in [0.15, 0.2) is 33.4 Å². The third-order valence-corrected chi connectivity index (χ3v) is 3.19. The molecule has 0 unspecified atom stereocenters. The molecule has 0 saturated heterocycles. The van der Waals surface area contributed by atoms with Gasteiger partial charge in [-0.25, -0.2) is 0 Å². The van der Waals surface area contributed by atoms with E-state index in [2.05, 4.69) is 21.2 Å². The van der Waals surface area contributed by atoms with Crippen molar-refractivity contribution in [2.24, 2.45) is 0 Å². The maximum atomic E-state index is 11.7. The van der Waals surface area contributed by atoms with Gasteiger partial charge in [0.2, 0.25) is 0 Å². The van der Waals surface area contributed by atoms with Crippen molar-refractivity contribution in [1.82, 2.24) is 5.32 Å². The van der Waals surface area contributed by atoms with E-state index < -0.39 is 5.60 Å². The molecule has 17 heavy (non-hydrogen) atoms. The number of halogens is 1. The molecule has 2 N–H and O–H groups in total. The Morgan fingerprint density at radius 2 is 2.41 bits per heavy atom. The van der Waals surface area contributed by atoms with E-state index in [-0.39, 0.29) is 18.2 Å². The van der Waals surface area contributed by atoms with Gasteiger partial charge in [0.05, 0.1) is 12.1 Å². The number of amides is 1. The van der Waals surface area contributed by atoms with Gasteiger partial charge < -0.3 is 14.8 Å². The van der Waals surface area contributed by atoms with E-state index in [1.165, 1.54) is 0 Å². The molecule has 1 aromatic rings. The molecule has 1 atom stereocenters. The minimum Gasteiger partial charge on any atom is -0.444 e. The fraction of sp³-hybridized carbons (Fsp3) is 0.417. The molecule has 1 aromatic heterocycles. The molecule has 0 aliphatic heterocycles. The Bertz CT molecular complexity index is 441. The van der Waals surface area contributed by atoms with E-state index in [0.29, 0.717) is 11.1 Å². The summed E-state index contributed by atoms with van der Waals surface area (Å²) in [6.45, 7) is 0.209. The number of furan rings is 1. The van der Waals surface area contributed by atoms with Crippen LogP contribution in [0.4, 0.5) is 0 Å². The van der Waals surface area contributed by atoms with Gasteiger partial charge in [0.1, 0.15) is 0 Å². The molecule has 0 fully saturated rings. The van der Waals surface area contributed by atoms with Gasteiger partial charge in [0, 0.05) is 0 Å². The summed E-state index contributed by atoms with van der Waals surface area (Å²) in [6, 6.07) is 3.24. The topological polar surface area (TPSA) is 62.5 Å². The van der Waals surface area contributed by atoms with Crippen molar-refractivity contribution < 1.29 is 14.3 Å². The number of hydrogen-bond donors (Lipinski definition) is 2. The van der Waals surface area contributed by atoms with Gasteiger partial charge in [-0.05, 0) is 47.3 Å². The lowest BCUT2D eigenvalue weighted by Crippen LogP contribution is -2.42. The van der Waals surface area contributed by atoms with E-state index in [1.54, 1.807) is 18.2 Å². The van der Waals surface area contributed by atoms with Crippen molar-refractivity contribution in [2.75, 3.05) is 6.54 Å². The molecule has 4 nitrogen and oxygen atoms in total. The average Bonchev–Trinajstić information content (AvgIpc) is 2.74. The zero-order chi connectivity index (χ0) is 12.3. The monoisotopic (exact) mass is 299 g/mol. The highest BCUT2D eigenvalue weighted by Gasteiger charge is 2.26. The van der Waals surface area contributed by atoms with E-state index in [1.807, 2.05) is 6.08 Å². The zero-order valence-corrected chi connectivity index (χ0v) is 10.9.